The van der Waals surface area contributed by atoms with Crippen molar-refractivity contribution >= 4 is 13.4 Å². The SMILES string of the molecule is Nc1ccc(COP(=O)(N2CC2)N2CC2)cc1Oc1ccc(F)nc1. The highest BCUT2D eigenvalue weighted by Gasteiger charge is 2.49. The number of anilines is 1. The van der Waals surface area contributed by atoms with Crippen molar-refractivity contribution in [3.63, 3.8) is 0 Å². The quantitative estimate of drug-likeness (QED) is 0.350. The first-order valence-electron chi connectivity index (χ1n) is 7.98. The van der Waals surface area contributed by atoms with Crippen LogP contribution in [0.4, 0.5) is 10.1 Å². The van der Waals surface area contributed by atoms with Crippen molar-refractivity contribution in [3.05, 3.63) is 48.0 Å². The molecule has 3 heterocycles. The van der Waals surface area contributed by atoms with E-state index in [-0.39, 0.29) is 6.61 Å². The standard InChI is InChI=1S/C16H18FN4O3P/c17-16-4-2-13(10-19-16)24-15-9-12(1-3-14(15)18)11-23-25(22,20-5-6-20)21-7-8-21/h1-4,9-10H,5-8,11,18H2. The lowest BCUT2D eigenvalue weighted by Crippen LogP contribution is -2.08. The summed E-state index contributed by atoms with van der Waals surface area (Å²) in [5, 5.41) is 0. The Kier molecular flexibility index (Phi) is 4.21. The van der Waals surface area contributed by atoms with E-state index in [1.165, 1.54) is 18.3 Å². The van der Waals surface area contributed by atoms with Crippen molar-refractivity contribution in [2.24, 2.45) is 0 Å². The highest BCUT2D eigenvalue weighted by atomic mass is 31.2. The Morgan fingerprint density at radius 1 is 1.16 bits per heavy atom. The van der Waals surface area contributed by atoms with Crippen LogP contribution in [-0.2, 0) is 15.7 Å². The molecule has 132 valence electrons. The zero-order valence-electron chi connectivity index (χ0n) is 13.5. The highest BCUT2D eigenvalue weighted by Crippen LogP contribution is 2.61. The summed E-state index contributed by atoms with van der Waals surface area (Å²) >= 11 is 0. The summed E-state index contributed by atoms with van der Waals surface area (Å²) in [5.41, 5.74) is 7.17. The molecule has 0 aliphatic carbocycles. The van der Waals surface area contributed by atoms with E-state index in [0.29, 0.717) is 17.2 Å². The molecule has 0 saturated carbocycles. The maximum atomic E-state index is 12.9. The van der Waals surface area contributed by atoms with Gasteiger partial charge >= 0.3 is 7.67 Å². The van der Waals surface area contributed by atoms with Gasteiger partial charge in [-0.3, -0.25) is 4.57 Å². The lowest BCUT2D eigenvalue weighted by Gasteiger charge is -2.20. The van der Waals surface area contributed by atoms with E-state index in [1.54, 1.807) is 18.2 Å². The van der Waals surface area contributed by atoms with E-state index in [0.717, 1.165) is 31.7 Å². The van der Waals surface area contributed by atoms with E-state index < -0.39 is 13.6 Å². The number of aromatic nitrogens is 1. The summed E-state index contributed by atoms with van der Waals surface area (Å²) in [7, 11) is -2.86. The molecule has 0 bridgehead atoms. The number of nitrogens with zero attached hydrogens (tertiary/aromatic N) is 3. The Balaban J connectivity index is 1.47. The molecule has 2 fully saturated rings. The lowest BCUT2D eigenvalue weighted by atomic mass is 10.2. The molecule has 2 aromatic rings. The Bertz CT molecular complexity index is 809. The summed E-state index contributed by atoms with van der Waals surface area (Å²) in [5.74, 6) is 0.219. The van der Waals surface area contributed by atoms with Gasteiger partial charge in [0.25, 0.3) is 0 Å². The van der Waals surface area contributed by atoms with E-state index in [2.05, 4.69) is 4.98 Å². The van der Waals surface area contributed by atoms with Gasteiger partial charge in [-0.05, 0) is 29.8 Å². The van der Waals surface area contributed by atoms with Crippen molar-refractivity contribution in [2.75, 3.05) is 31.9 Å². The number of hydrogen-bond acceptors (Lipinski definition) is 5. The first-order valence-corrected chi connectivity index (χ1v) is 9.51. The molecule has 0 amide bonds. The molecule has 25 heavy (non-hydrogen) atoms. The van der Waals surface area contributed by atoms with Crippen LogP contribution in [0.5, 0.6) is 11.5 Å². The minimum Gasteiger partial charge on any atom is -0.454 e. The van der Waals surface area contributed by atoms with Gasteiger partial charge in [0, 0.05) is 26.2 Å². The number of nitrogens with two attached hydrogens (primary N) is 1. The molecule has 1 aromatic carbocycles. The van der Waals surface area contributed by atoms with Gasteiger partial charge < -0.3 is 15.0 Å². The Morgan fingerprint density at radius 3 is 2.48 bits per heavy atom. The molecule has 2 N–H and O–H groups in total. The Morgan fingerprint density at radius 2 is 1.88 bits per heavy atom. The molecular formula is C16H18FN4O3P. The molecule has 1 aromatic heterocycles. The van der Waals surface area contributed by atoms with E-state index >= 15 is 0 Å². The van der Waals surface area contributed by atoms with E-state index in [9.17, 15) is 8.96 Å². The van der Waals surface area contributed by atoms with Crippen LogP contribution in [-0.4, -0.2) is 40.5 Å². The second-order valence-electron chi connectivity index (χ2n) is 5.96. The molecular weight excluding hydrogens is 346 g/mol. The van der Waals surface area contributed by atoms with Gasteiger partial charge in [-0.1, -0.05) is 6.07 Å². The Labute approximate surface area is 144 Å². The third-order valence-corrected chi connectivity index (χ3v) is 6.66. The zero-order chi connectivity index (χ0) is 17.4. The predicted molar refractivity (Wildman–Crippen MR) is 90.7 cm³/mol. The number of nitrogen functional groups attached to an aromatic ring is 1. The number of ether oxygens (including phenoxy) is 1. The van der Waals surface area contributed by atoms with Crippen molar-refractivity contribution < 1.29 is 18.2 Å². The van der Waals surface area contributed by atoms with E-state index in [1.807, 2.05) is 9.34 Å². The third kappa shape index (κ3) is 3.67. The molecule has 0 atom stereocenters. The van der Waals surface area contributed by atoms with Crippen LogP contribution >= 0.6 is 7.67 Å². The second-order valence-corrected chi connectivity index (χ2v) is 8.33. The number of halogens is 1. The molecule has 4 rings (SSSR count). The summed E-state index contributed by atoms with van der Waals surface area (Å²) in [6.07, 6.45) is 1.28. The van der Waals surface area contributed by atoms with Gasteiger partial charge in [0.15, 0.2) is 5.75 Å². The minimum absolute atomic E-state index is 0.197. The van der Waals surface area contributed by atoms with Gasteiger partial charge in [0.05, 0.1) is 18.5 Å². The summed E-state index contributed by atoms with van der Waals surface area (Å²) < 4.78 is 40.9. The molecule has 2 saturated heterocycles. The fraction of sp³-hybridized carbons (Fsp3) is 0.312. The van der Waals surface area contributed by atoms with Crippen LogP contribution in [0.3, 0.4) is 0 Å². The van der Waals surface area contributed by atoms with Gasteiger partial charge in [-0.15, -0.1) is 0 Å². The van der Waals surface area contributed by atoms with Gasteiger partial charge in [0.2, 0.25) is 5.95 Å². The number of pyridine rings is 1. The Hall–Kier alpha value is -1.99. The minimum atomic E-state index is -2.86. The highest BCUT2D eigenvalue weighted by molar-refractivity contribution is 7.54. The number of rotatable bonds is 7. The average molecular weight is 364 g/mol. The molecule has 2 aliphatic rings. The molecule has 0 radical (unpaired) electrons. The summed E-state index contributed by atoms with van der Waals surface area (Å²) in [6.45, 7) is 3.42. The third-order valence-electron chi connectivity index (χ3n) is 3.97. The van der Waals surface area contributed by atoms with Crippen LogP contribution in [0.2, 0.25) is 0 Å². The topological polar surface area (TPSA) is 80.5 Å². The summed E-state index contributed by atoms with van der Waals surface area (Å²) in [4.78, 5) is 3.54. The van der Waals surface area contributed by atoms with Crippen LogP contribution in [0.1, 0.15) is 5.56 Å². The maximum absolute atomic E-state index is 12.9. The summed E-state index contributed by atoms with van der Waals surface area (Å²) in [6, 6.07) is 7.92. The smallest absolute Gasteiger partial charge is 0.346 e. The molecule has 7 nitrogen and oxygen atoms in total. The zero-order valence-corrected chi connectivity index (χ0v) is 14.4. The normalized spacial score (nSPS) is 17.5. The van der Waals surface area contributed by atoms with Crippen LogP contribution < -0.4 is 10.5 Å². The van der Waals surface area contributed by atoms with Gasteiger partial charge in [-0.2, -0.15) is 4.39 Å². The first kappa shape index (κ1) is 16.5. The predicted octanol–water partition coefficient (Wildman–Crippen LogP) is 2.85. The van der Waals surface area contributed by atoms with Gasteiger partial charge in [0.1, 0.15) is 5.75 Å². The van der Waals surface area contributed by atoms with Crippen molar-refractivity contribution in [3.8, 4) is 11.5 Å². The van der Waals surface area contributed by atoms with Crippen molar-refractivity contribution in [1.82, 2.24) is 14.3 Å². The fourth-order valence-electron chi connectivity index (χ4n) is 2.40. The molecule has 2 aliphatic heterocycles. The van der Waals surface area contributed by atoms with Crippen LogP contribution in [0, 0.1) is 5.95 Å². The maximum Gasteiger partial charge on any atom is 0.346 e. The molecule has 0 unspecified atom stereocenters. The first-order chi connectivity index (χ1) is 12.0. The number of hydrogen-bond donors (Lipinski definition) is 1. The van der Waals surface area contributed by atoms with E-state index in [4.69, 9.17) is 15.0 Å². The second kappa shape index (κ2) is 6.38. The van der Waals surface area contributed by atoms with Crippen LogP contribution in [0.15, 0.2) is 36.5 Å². The molecule has 9 heteroatoms. The monoisotopic (exact) mass is 364 g/mol. The fourth-order valence-corrected chi connectivity index (χ4v) is 4.59. The number of benzene rings is 1. The largest absolute Gasteiger partial charge is 0.454 e. The lowest BCUT2D eigenvalue weighted by molar-refractivity contribution is 0.263. The van der Waals surface area contributed by atoms with Gasteiger partial charge in [-0.25, -0.2) is 14.3 Å². The average Bonchev–Trinajstić information content (AvgIpc) is 3.49. The van der Waals surface area contributed by atoms with Crippen molar-refractivity contribution in [2.45, 2.75) is 6.61 Å². The molecule has 0 spiro atoms. The van der Waals surface area contributed by atoms with Crippen molar-refractivity contribution in [1.29, 1.82) is 0 Å². The van der Waals surface area contributed by atoms with Crippen LogP contribution in [0.25, 0.3) is 0 Å².